The van der Waals surface area contributed by atoms with Crippen LogP contribution >= 0.6 is 0 Å². The molecule has 0 aromatic rings. The van der Waals surface area contributed by atoms with Crippen LogP contribution in [-0.2, 0) is 4.79 Å². The van der Waals surface area contributed by atoms with E-state index in [9.17, 15) is 4.79 Å². The van der Waals surface area contributed by atoms with E-state index in [0.29, 0.717) is 6.54 Å². The van der Waals surface area contributed by atoms with Crippen LogP contribution in [-0.4, -0.2) is 30.8 Å². The standard InChI is InChI=1S/C12H12N2O/c15-11-7-13-5-4-8-6-14-10-3-1-2-9(11)12(8)10/h4-5H,1-3,6-7H2/b8-4-,13-5?. The Bertz CT molecular complexity index is 452. The van der Waals surface area contributed by atoms with Crippen molar-refractivity contribution in [2.24, 2.45) is 9.98 Å². The average molecular weight is 200 g/mol. The zero-order valence-corrected chi connectivity index (χ0v) is 8.49. The summed E-state index contributed by atoms with van der Waals surface area (Å²) < 4.78 is 0. The first-order valence-electron chi connectivity index (χ1n) is 5.35. The van der Waals surface area contributed by atoms with Gasteiger partial charge in [0, 0.05) is 23.1 Å². The molecule has 76 valence electrons. The van der Waals surface area contributed by atoms with Crippen LogP contribution in [0.1, 0.15) is 19.3 Å². The normalized spacial score (nSPS) is 27.9. The molecule has 0 atom stereocenters. The predicted molar refractivity (Wildman–Crippen MR) is 59.6 cm³/mol. The molecular formula is C12H12N2O. The number of ketones is 1. The second-order valence-corrected chi connectivity index (χ2v) is 4.07. The van der Waals surface area contributed by atoms with Crippen LogP contribution < -0.4 is 0 Å². The molecule has 3 rings (SSSR count). The van der Waals surface area contributed by atoms with Gasteiger partial charge in [-0.25, -0.2) is 0 Å². The molecule has 0 spiro atoms. The van der Waals surface area contributed by atoms with Crippen molar-refractivity contribution in [2.45, 2.75) is 19.3 Å². The van der Waals surface area contributed by atoms with Crippen molar-refractivity contribution in [3.63, 3.8) is 0 Å². The molecule has 1 aliphatic carbocycles. The van der Waals surface area contributed by atoms with E-state index >= 15 is 0 Å². The quantitative estimate of drug-likeness (QED) is 0.584. The monoisotopic (exact) mass is 200 g/mol. The Morgan fingerprint density at radius 2 is 2.13 bits per heavy atom. The van der Waals surface area contributed by atoms with Gasteiger partial charge in [-0.1, -0.05) is 0 Å². The van der Waals surface area contributed by atoms with Gasteiger partial charge in [0.2, 0.25) is 0 Å². The highest BCUT2D eigenvalue weighted by Gasteiger charge is 2.29. The number of hydrogen-bond donors (Lipinski definition) is 0. The number of Topliss-reactive ketones (excluding diaryl/α,β-unsaturated/α-hetero) is 1. The summed E-state index contributed by atoms with van der Waals surface area (Å²) in [5.74, 6) is 0.182. The van der Waals surface area contributed by atoms with Crippen LogP contribution in [0.3, 0.4) is 0 Å². The van der Waals surface area contributed by atoms with E-state index in [1.165, 1.54) is 5.57 Å². The second kappa shape index (κ2) is 3.26. The molecule has 2 aliphatic heterocycles. The number of carbonyl (C=O) groups is 1. The van der Waals surface area contributed by atoms with Gasteiger partial charge in [0.15, 0.2) is 5.78 Å². The minimum Gasteiger partial charge on any atom is -0.292 e. The molecule has 0 aromatic carbocycles. The maximum atomic E-state index is 11.9. The maximum absolute atomic E-state index is 11.9. The van der Waals surface area contributed by atoms with Crippen LogP contribution in [0.25, 0.3) is 0 Å². The molecule has 0 fully saturated rings. The topological polar surface area (TPSA) is 41.8 Å². The van der Waals surface area contributed by atoms with Gasteiger partial charge in [0.05, 0.1) is 6.54 Å². The van der Waals surface area contributed by atoms with E-state index in [4.69, 9.17) is 0 Å². The zero-order valence-electron chi connectivity index (χ0n) is 8.49. The summed E-state index contributed by atoms with van der Waals surface area (Å²) in [6.07, 6.45) is 6.73. The lowest BCUT2D eigenvalue weighted by Gasteiger charge is -2.18. The molecule has 0 amide bonds. The van der Waals surface area contributed by atoms with E-state index in [2.05, 4.69) is 9.98 Å². The van der Waals surface area contributed by atoms with Crippen molar-refractivity contribution in [1.82, 2.24) is 0 Å². The van der Waals surface area contributed by atoms with Gasteiger partial charge < -0.3 is 0 Å². The van der Waals surface area contributed by atoms with Gasteiger partial charge in [-0.3, -0.25) is 14.8 Å². The summed E-state index contributed by atoms with van der Waals surface area (Å²) in [6.45, 7) is 1.03. The van der Waals surface area contributed by atoms with Crippen LogP contribution in [0, 0.1) is 0 Å². The third kappa shape index (κ3) is 1.30. The van der Waals surface area contributed by atoms with Crippen LogP contribution in [0.4, 0.5) is 0 Å². The zero-order chi connectivity index (χ0) is 10.3. The van der Waals surface area contributed by atoms with Crippen molar-refractivity contribution in [3.05, 3.63) is 22.8 Å². The van der Waals surface area contributed by atoms with Crippen molar-refractivity contribution in [3.8, 4) is 0 Å². The summed E-state index contributed by atoms with van der Waals surface area (Å²) in [7, 11) is 0. The lowest BCUT2D eigenvalue weighted by molar-refractivity contribution is -0.114. The number of nitrogens with zero attached hydrogens (tertiary/aromatic N) is 2. The number of hydrogen-bond acceptors (Lipinski definition) is 3. The summed E-state index contributed by atoms with van der Waals surface area (Å²) in [6, 6.07) is 0. The van der Waals surface area contributed by atoms with Gasteiger partial charge >= 0.3 is 0 Å². The van der Waals surface area contributed by atoms with Crippen molar-refractivity contribution < 1.29 is 4.79 Å². The average Bonchev–Trinajstić information content (AvgIpc) is 2.65. The molecule has 0 radical (unpaired) electrons. The third-order valence-corrected chi connectivity index (χ3v) is 3.14. The van der Waals surface area contributed by atoms with Crippen LogP contribution in [0.15, 0.2) is 32.8 Å². The fourth-order valence-corrected chi connectivity index (χ4v) is 2.44. The highest BCUT2D eigenvalue weighted by atomic mass is 16.1. The molecule has 0 N–H and O–H groups in total. The minimum atomic E-state index is 0.182. The fraction of sp³-hybridized carbons (Fsp3) is 0.417. The molecule has 0 bridgehead atoms. The third-order valence-electron chi connectivity index (χ3n) is 3.14. The van der Waals surface area contributed by atoms with Gasteiger partial charge in [-0.2, -0.15) is 0 Å². The number of rotatable bonds is 0. The minimum absolute atomic E-state index is 0.182. The smallest absolute Gasteiger partial charge is 0.180 e. The molecule has 0 unspecified atom stereocenters. The number of allylic oxidation sites excluding steroid dienone is 1. The number of carbonyl (C=O) groups excluding carboxylic acids is 1. The molecule has 0 aromatic heterocycles. The fourth-order valence-electron chi connectivity index (χ4n) is 2.44. The predicted octanol–water partition coefficient (Wildman–Crippen LogP) is 1.50. The molecule has 15 heavy (non-hydrogen) atoms. The summed E-state index contributed by atoms with van der Waals surface area (Å²) in [5.41, 5.74) is 4.45. The first kappa shape index (κ1) is 8.77. The van der Waals surface area contributed by atoms with Crippen molar-refractivity contribution in [1.29, 1.82) is 0 Å². The first-order chi connectivity index (χ1) is 7.36. The first-order valence-corrected chi connectivity index (χ1v) is 5.35. The summed E-state index contributed by atoms with van der Waals surface area (Å²) in [4.78, 5) is 20.4. The Kier molecular flexibility index (Phi) is 1.91. The van der Waals surface area contributed by atoms with Crippen molar-refractivity contribution >= 4 is 17.7 Å². The van der Waals surface area contributed by atoms with Gasteiger partial charge in [0.1, 0.15) is 6.54 Å². The molecule has 2 heterocycles. The highest BCUT2D eigenvalue weighted by molar-refractivity contribution is 6.15. The SMILES string of the molecule is O=C1CN=C/C=C2/CN=C3CCCC1=C32. The molecule has 0 saturated heterocycles. The van der Waals surface area contributed by atoms with Crippen LogP contribution in [0.5, 0.6) is 0 Å². The Morgan fingerprint density at radius 3 is 3.07 bits per heavy atom. The molecule has 0 saturated carbocycles. The van der Waals surface area contributed by atoms with Gasteiger partial charge in [-0.15, -0.1) is 0 Å². The second-order valence-electron chi connectivity index (χ2n) is 4.07. The Morgan fingerprint density at radius 1 is 1.20 bits per heavy atom. The molecule has 3 heteroatoms. The largest absolute Gasteiger partial charge is 0.292 e. The van der Waals surface area contributed by atoms with E-state index in [-0.39, 0.29) is 5.78 Å². The molecular weight excluding hydrogens is 188 g/mol. The maximum Gasteiger partial charge on any atom is 0.180 e. The lowest BCUT2D eigenvalue weighted by atomic mass is 9.85. The van der Waals surface area contributed by atoms with Crippen molar-refractivity contribution in [2.75, 3.05) is 13.1 Å². The van der Waals surface area contributed by atoms with E-state index in [1.807, 2.05) is 6.08 Å². The lowest BCUT2D eigenvalue weighted by Crippen LogP contribution is -2.18. The Labute approximate surface area is 88.3 Å². The van der Waals surface area contributed by atoms with Crippen LogP contribution in [0.2, 0.25) is 0 Å². The van der Waals surface area contributed by atoms with E-state index in [0.717, 1.165) is 42.7 Å². The summed E-state index contributed by atoms with van der Waals surface area (Å²) in [5, 5.41) is 0. The number of aliphatic imine (C=N–C) groups is 2. The van der Waals surface area contributed by atoms with Gasteiger partial charge in [-0.05, 0) is 30.9 Å². The van der Waals surface area contributed by atoms with E-state index < -0.39 is 0 Å². The Hall–Kier alpha value is -1.51. The van der Waals surface area contributed by atoms with Gasteiger partial charge in [0.25, 0.3) is 0 Å². The van der Waals surface area contributed by atoms with E-state index in [1.54, 1.807) is 6.21 Å². The molecule has 3 aliphatic rings. The summed E-state index contributed by atoms with van der Waals surface area (Å²) >= 11 is 0. The Balaban J connectivity index is 2.20. The highest BCUT2D eigenvalue weighted by Crippen LogP contribution is 2.33. The molecule has 3 nitrogen and oxygen atoms in total.